The lowest BCUT2D eigenvalue weighted by atomic mass is 9.93. The second-order valence-corrected chi connectivity index (χ2v) is 17.3. The van der Waals surface area contributed by atoms with E-state index in [1.54, 1.807) is 0 Å². The van der Waals surface area contributed by atoms with Gasteiger partial charge >= 0.3 is 0 Å². The van der Waals surface area contributed by atoms with Crippen LogP contribution in [0.2, 0.25) is 0 Å². The molecule has 0 unspecified atom stereocenters. The summed E-state index contributed by atoms with van der Waals surface area (Å²) in [4.78, 5) is 52.8. The van der Waals surface area contributed by atoms with Gasteiger partial charge in [-0.3, -0.25) is 19.6 Å². The summed E-state index contributed by atoms with van der Waals surface area (Å²) >= 11 is 0. The minimum atomic E-state index is -0.318. The zero-order valence-electron chi connectivity index (χ0n) is 37.9. The van der Waals surface area contributed by atoms with Crippen molar-refractivity contribution >= 4 is 35.1 Å². The van der Waals surface area contributed by atoms with E-state index in [9.17, 15) is 9.59 Å². The summed E-state index contributed by atoms with van der Waals surface area (Å²) in [6, 6.07) is 24.2. The molecule has 4 aromatic heterocycles. The number of hydrogen-bond donors (Lipinski definition) is 5. The normalized spacial score (nSPS) is 14.6. The topological polar surface area (TPSA) is 203 Å². The van der Waals surface area contributed by atoms with Gasteiger partial charge in [-0.05, 0) is 156 Å². The van der Waals surface area contributed by atoms with Crippen LogP contribution in [0.15, 0.2) is 97.6 Å². The quantitative estimate of drug-likeness (QED) is 0.0686. The highest BCUT2D eigenvalue weighted by Crippen LogP contribution is 2.28. The predicted octanol–water partition coefficient (Wildman–Crippen LogP) is 6.75. The number of nitrogens with two attached hydrogens (primary N) is 2. The van der Waals surface area contributed by atoms with Crippen molar-refractivity contribution in [3.8, 4) is 0 Å². The van der Waals surface area contributed by atoms with E-state index in [4.69, 9.17) is 26.4 Å². The molecule has 2 saturated heterocycles. The molecule has 2 aliphatic heterocycles. The van der Waals surface area contributed by atoms with Gasteiger partial charge in [0.2, 0.25) is 23.7 Å². The lowest BCUT2D eigenvalue weighted by Crippen LogP contribution is -2.29. The van der Waals surface area contributed by atoms with Crippen molar-refractivity contribution in [3.05, 3.63) is 154 Å². The average molecular weight is 875 g/mol. The van der Waals surface area contributed by atoms with Crippen molar-refractivity contribution in [1.82, 2.24) is 40.1 Å². The average Bonchev–Trinajstić information content (AvgIpc) is 3.31. The van der Waals surface area contributed by atoms with Crippen LogP contribution in [0.5, 0.6) is 0 Å². The van der Waals surface area contributed by atoms with E-state index in [1.807, 2.05) is 93.2 Å². The van der Waals surface area contributed by atoms with Gasteiger partial charge in [0, 0.05) is 47.0 Å². The highest BCUT2D eigenvalue weighted by atomic mass is 16.1. The first-order chi connectivity index (χ1) is 31.6. The van der Waals surface area contributed by atoms with Crippen molar-refractivity contribution in [1.29, 1.82) is 0 Å². The van der Waals surface area contributed by atoms with Gasteiger partial charge in [-0.1, -0.05) is 48.5 Å². The molecule has 6 aromatic rings. The molecule has 8 rings (SSSR count). The summed E-state index contributed by atoms with van der Waals surface area (Å²) in [6.45, 7) is 8.40. The summed E-state index contributed by atoms with van der Waals surface area (Å²) in [5.41, 5.74) is 23.1. The molecule has 0 aliphatic carbocycles. The van der Waals surface area contributed by atoms with Crippen LogP contribution >= 0.6 is 0 Å². The number of pyridine rings is 2. The van der Waals surface area contributed by atoms with Crippen LogP contribution in [0.3, 0.4) is 0 Å². The van der Waals surface area contributed by atoms with Crippen molar-refractivity contribution in [2.24, 2.45) is 11.5 Å². The fraction of sp³-hybridized carbons (Fsp3) is 0.373. The van der Waals surface area contributed by atoms with Gasteiger partial charge < -0.3 is 32.3 Å². The first kappa shape index (κ1) is 46.4. The molecule has 2 fully saturated rings. The molecule has 2 amide bonds. The lowest BCUT2D eigenvalue weighted by molar-refractivity contribution is -0.118. The SMILES string of the molecule is Cc1cnc(Nc2ccc(C3CCN(C)CC3)nc2)nc1CCc1ccccc1CC(N)=O.Cc1cnc(Nc2ccc(C3CCNCC3)nc2)nc1CCc1ccccc1CC(N)=O. The number of primary amides is 2. The smallest absolute Gasteiger partial charge is 0.227 e. The van der Waals surface area contributed by atoms with E-state index in [2.05, 4.69) is 61.0 Å². The van der Waals surface area contributed by atoms with Crippen LogP contribution in [0.1, 0.15) is 93.7 Å². The molecule has 14 nitrogen and oxygen atoms in total. The second kappa shape index (κ2) is 22.8. The Morgan fingerprint density at radius 2 is 1.02 bits per heavy atom. The summed E-state index contributed by atoms with van der Waals surface area (Å²) in [5.74, 6) is 1.56. The number of aromatic nitrogens is 6. The van der Waals surface area contributed by atoms with E-state index >= 15 is 0 Å². The third-order valence-corrected chi connectivity index (χ3v) is 12.4. The number of benzene rings is 2. The second-order valence-electron chi connectivity index (χ2n) is 17.3. The number of anilines is 4. The molecule has 2 aromatic carbocycles. The van der Waals surface area contributed by atoms with Crippen LogP contribution in [0.25, 0.3) is 0 Å². The number of rotatable bonds is 16. The number of nitrogens with one attached hydrogen (secondary N) is 3. The van der Waals surface area contributed by atoms with Gasteiger partial charge in [0.15, 0.2) is 0 Å². The number of likely N-dealkylation sites (tertiary alicyclic amines) is 1. The molecular formula is C51H62N12O2. The van der Waals surface area contributed by atoms with Gasteiger partial charge in [-0.25, -0.2) is 19.9 Å². The van der Waals surface area contributed by atoms with Crippen LogP contribution in [0.4, 0.5) is 23.3 Å². The minimum absolute atomic E-state index is 0.256. The number of carbonyl (C=O) groups excluding carboxylic acids is 2. The van der Waals surface area contributed by atoms with Crippen molar-refractivity contribution in [2.45, 2.75) is 89.9 Å². The minimum Gasteiger partial charge on any atom is -0.369 e. The van der Waals surface area contributed by atoms with Gasteiger partial charge in [0.05, 0.1) is 36.6 Å². The molecule has 2 aliphatic rings. The molecule has 7 N–H and O–H groups in total. The largest absolute Gasteiger partial charge is 0.369 e. The third-order valence-electron chi connectivity index (χ3n) is 12.4. The maximum Gasteiger partial charge on any atom is 0.227 e. The number of amides is 2. The first-order valence-corrected chi connectivity index (χ1v) is 22.8. The van der Waals surface area contributed by atoms with Crippen molar-refractivity contribution in [3.63, 3.8) is 0 Å². The maximum absolute atomic E-state index is 11.4. The van der Waals surface area contributed by atoms with Crippen LogP contribution < -0.4 is 27.4 Å². The molecule has 65 heavy (non-hydrogen) atoms. The van der Waals surface area contributed by atoms with Crippen LogP contribution in [0, 0.1) is 13.8 Å². The molecule has 0 bridgehead atoms. The fourth-order valence-corrected chi connectivity index (χ4v) is 8.53. The van der Waals surface area contributed by atoms with E-state index in [1.165, 1.54) is 0 Å². The zero-order valence-corrected chi connectivity index (χ0v) is 37.9. The molecule has 0 saturated carbocycles. The summed E-state index contributed by atoms with van der Waals surface area (Å²) in [7, 11) is 2.17. The van der Waals surface area contributed by atoms with E-state index < -0.39 is 0 Å². The number of hydrogen-bond acceptors (Lipinski definition) is 12. The number of piperidine rings is 2. The standard InChI is InChI=1S/C26H32N6O.C25H30N6O/c1-18-16-29-26(30-22-8-10-24(28-17-22)20-11-13-32(2)14-12-20)31-23(18)9-7-19-5-3-4-6-21(19)15-25(27)33;1-17-15-29-25(30-21-7-9-23(28-16-21)19-10-12-27-13-11-19)31-22(17)8-6-18-4-2-3-5-20(18)14-24(26)32/h3-6,8,10,16-17,20H,7,9,11-15H2,1-2H3,(H2,27,33)(H,29,30,31);2-5,7,9,15-16,19,27H,6,8,10-14H2,1H3,(H2,26,32)(H,29,30,31). The number of aryl methyl sites for hydroxylation is 6. The van der Waals surface area contributed by atoms with Crippen molar-refractivity contribution < 1.29 is 9.59 Å². The highest BCUT2D eigenvalue weighted by molar-refractivity contribution is 5.77. The zero-order chi connectivity index (χ0) is 45.5. The van der Waals surface area contributed by atoms with Crippen LogP contribution in [-0.4, -0.2) is 79.8 Å². The maximum atomic E-state index is 11.4. The number of nitrogens with zero attached hydrogens (tertiary/aromatic N) is 7. The molecule has 0 spiro atoms. The Morgan fingerprint density at radius 3 is 1.43 bits per heavy atom. The van der Waals surface area contributed by atoms with Gasteiger partial charge in [-0.15, -0.1) is 0 Å². The van der Waals surface area contributed by atoms with E-state index in [0.29, 0.717) is 23.7 Å². The third kappa shape index (κ3) is 13.7. The Labute approximate surface area is 382 Å². The molecule has 338 valence electrons. The molecule has 6 heterocycles. The van der Waals surface area contributed by atoms with Gasteiger partial charge in [0.1, 0.15) is 0 Å². The van der Waals surface area contributed by atoms with Crippen molar-refractivity contribution in [2.75, 3.05) is 43.9 Å². The van der Waals surface area contributed by atoms with E-state index in [-0.39, 0.29) is 24.7 Å². The monoisotopic (exact) mass is 875 g/mol. The molecule has 0 atom stereocenters. The Hall–Kier alpha value is -6.64. The van der Waals surface area contributed by atoms with Gasteiger partial charge in [0.25, 0.3) is 0 Å². The van der Waals surface area contributed by atoms with Crippen LogP contribution in [-0.2, 0) is 48.1 Å². The Morgan fingerprint density at radius 1 is 0.585 bits per heavy atom. The lowest BCUT2D eigenvalue weighted by Gasteiger charge is -2.28. The summed E-state index contributed by atoms with van der Waals surface area (Å²) in [5, 5.41) is 9.96. The summed E-state index contributed by atoms with van der Waals surface area (Å²) in [6.07, 6.45) is 15.6. The van der Waals surface area contributed by atoms with Gasteiger partial charge in [-0.2, -0.15) is 0 Å². The molecule has 14 heteroatoms. The van der Waals surface area contributed by atoms with E-state index in [0.717, 1.165) is 145 Å². The highest BCUT2D eigenvalue weighted by Gasteiger charge is 2.20. The number of carbonyl (C=O) groups is 2. The Kier molecular flexibility index (Phi) is 16.3. The molecule has 0 radical (unpaired) electrons. The Bertz CT molecular complexity index is 2500. The summed E-state index contributed by atoms with van der Waals surface area (Å²) < 4.78 is 0. The predicted molar refractivity (Wildman–Crippen MR) is 256 cm³/mol. The Balaban J connectivity index is 0.000000194. The fourth-order valence-electron chi connectivity index (χ4n) is 8.53. The first-order valence-electron chi connectivity index (χ1n) is 22.8. The molecular weight excluding hydrogens is 813 g/mol.